The van der Waals surface area contributed by atoms with Gasteiger partial charge in [-0.25, -0.2) is 0 Å². The largest absolute Gasteiger partial charge is 0.493 e. The molecule has 0 unspecified atom stereocenters. The van der Waals surface area contributed by atoms with Gasteiger partial charge in [-0.15, -0.1) is 0 Å². The SMILES string of the molecule is COc1cc(C2(C=O)CC2)cc2c1OCCO2. The van der Waals surface area contributed by atoms with E-state index in [0.29, 0.717) is 30.5 Å². The summed E-state index contributed by atoms with van der Waals surface area (Å²) in [7, 11) is 1.60. The van der Waals surface area contributed by atoms with Crippen molar-refractivity contribution in [2.75, 3.05) is 20.3 Å². The Kier molecular flexibility index (Phi) is 2.24. The van der Waals surface area contributed by atoms with Crippen molar-refractivity contribution in [2.45, 2.75) is 18.3 Å². The van der Waals surface area contributed by atoms with Crippen LogP contribution in [0.3, 0.4) is 0 Å². The number of hydrogen-bond acceptors (Lipinski definition) is 4. The van der Waals surface area contributed by atoms with Crippen molar-refractivity contribution in [1.29, 1.82) is 0 Å². The van der Waals surface area contributed by atoms with E-state index in [2.05, 4.69) is 0 Å². The quantitative estimate of drug-likeness (QED) is 0.747. The average Bonchev–Trinajstić information content (AvgIpc) is 3.18. The van der Waals surface area contributed by atoms with Gasteiger partial charge >= 0.3 is 0 Å². The number of carbonyl (C=O) groups excluding carboxylic acids is 1. The van der Waals surface area contributed by atoms with E-state index in [1.807, 2.05) is 12.1 Å². The number of carbonyl (C=O) groups is 1. The molecule has 4 nitrogen and oxygen atoms in total. The Morgan fingerprint density at radius 1 is 1.29 bits per heavy atom. The second-order valence-corrected chi connectivity index (χ2v) is 4.48. The zero-order valence-electron chi connectivity index (χ0n) is 9.69. The van der Waals surface area contributed by atoms with Crippen LogP contribution in [-0.4, -0.2) is 26.6 Å². The van der Waals surface area contributed by atoms with Gasteiger partial charge in [-0.1, -0.05) is 0 Å². The molecule has 3 rings (SSSR count). The highest BCUT2D eigenvalue weighted by atomic mass is 16.6. The molecule has 1 fully saturated rings. The van der Waals surface area contributed by atoms with Crippen LogP contribution in [0, 0.1) is 0 Å². The molecule has 0 saturated heterocycles. The van der Waals surface area contributed by atoms with Gasteiger partial charge in [-0.3, -0.25) is 0 Å². The highest BCUT2D eigenvalue weighted by molar-refractivity contribution is 5.75. The molecule has 1 aromatic rings. The Bertz CT molecular complexity index is 445. The molecule has 2 aliphatic rings. The molecule has 1 aliphatic carbocycles. The van der Waals surface area contributed by atoms with Gasteiger partial charge < -0.3 is 19.0 Å². The number of benzene rings is 1. The minimum absolute atomic E-state index is 0.316. The molecule has 17 heavy (non-hydrogen) atoms. The van der Waals surface area contributed by atoms with Crippen molar-refractivity contribution >= 4 is 6.29 Å². The fourth-order valence-electron chi connectivity index (χ4n) is 2.17. The van der Waals surface area contributed by atoms with Gasteiger partial charge in [0.25, 0.3) is 0 Å². The highest BCUT2D eigenvalue weighted by Gasteiger charge is 2.45. The monoisotopic (exact) mass is 234 g/mol. The minimum atomic E-state index is -0.316. The Morgan fingerprint density at radius 3 is 2.71 bits per heavy atom. The molecular formula is C13H14O4. The van der Waals surface area contributed by atoms with Crippen LogP contribution in [0.5, 0.6) is 17.2 Å². The lowest BCUT2D eigenvalue weighted by Crippen LogP contribution is -2.17. The van der Waals surface area contributed by atoms with Crippen LogP contribution < -0.4 is 14.2 Å². The molecule has 4 heteroatoms. The van der Waals surface area contributed by atoms with Crippen LogP contribution in [0.4, 0.5) is 0 Å². The number of aldehydes is 1. The Balaban J connectivity index is 2.09. The van der Waals surface area contributed by atoms with E-state index in [9.17, 15) is 4.79 Å². The molecule has 1 aliphatic heterocycles. The van der Waals surface area contributed by atoms with Gasteiger partial charge in [0.15, 0.2) is 11.5 Å². The number of fused-ring (bicyclic) bond motifs is 1. The maximum atomic E-state index is 11.1. The van der Waals surface area contributed by atoms with Crippen molar-refractivity contribution in [3.05, 3.63) is 17.7 Å². The summed E-state index contributed by atoms with van der Waals surface area (Å²) in [6.45, 7) is 1.06. The fraction of sp³-hybridized carbons (Fsp3) is 0.462. The molecule has 1 saturated carbocycles. The molecule has 0 aromatic heterocycles. The minimum Gasteiger partial charge on any atom is -0.493 e. The third kappa shape index (κ3) is 1.55. The zero-order chi connectivity index (χ0) is 11.9. The van der Waals surface area contributed by atoms with E-state index < -0.39 is 0 Å². The summed E-state index contributed by atoms with van der Waals surface area (Å²) >= 11 is 0. The van der Waals surface area contributed by atoms with Crippen LogP contribution in [0.1, 0.15) is 18.4 Å². The fourth-order valence-corrected chi connectivity index (χ4v) is 2.17. The first-order chi connectivity index (χ1) is 8.29. The number of methoxy groups -OCH3 is 1. The third-order valence-corrected chi connectivity index (χ3v) is 3.42. The molecule has 1 aromatic carbocycles. The van der Waals surface area contributed by atoms with Gasteiger partial charge in [0.05, 0.1) is 12.5 Å². The van der Waals surface area contributed by atoms with Crippen LogP contribution in [0.2, 0.25) is 0 Å². The van der Waals surface area contributed by atoms with Crippen molar-refractivity contribution in [3.63, 3.8) is 0 Å². The first-order valence-electron chi connectivity index (χ1n) is 5.73. The summed E-state index contributed by atoms with van der Waals surface area (Å²) in [4.78, 5) is 11.1. The smallest absolute Gasteiger partial charge is 0.203 e. The second kappa shape index (κ2) is 3.65. The van der Waals surface area contributed by atoms with Crippen LogP contribution >= 0.6 is 0 Å². The van der Waals surface area contributed by atoms with Gasteiger partial charge in [0, 0.05) is 0 Å². The standard InChI is InChI=1S/C13H14O4/c1-15-10-6-9(13(8-14)2-3-13)7-11-12(10)17-5-4-16-11/h6-8H,2-5H2,1H3. The molecular weight excluding hydrogens is 220 g/mol. The summed E-state index contributed by atoms with van der Waals surface area (Å²) in [5.74, 6) is 1.97. The Labute approximate surface area is 99.5 Å². The number of hydrogen-bond donors (Lipinski definition) is 0. The zero-order valence-corrected chi connectivity index (χ0v) is 9.69. The van der Waals surface area contributed by atoms with E-state index >= 15 is 0 Å². The van der Waals surface area contributed by atoms with Gasteiger partial charge in [-0.05, 0) is 30.5 Å². The van der Waals surface area contributed by atoms with Gasteiger partial charge in [0.1, 0.15) is 19.5 Å². The van der Waals surface area contributed by atoms with E-state index in [1.54, 1.807) is 7.11 Å². The molecule has 0 atom stereocenters. The van der Waals surface area contributed by atoms with Crippen molar-refractivity contribution in [3.8, 4) is 17.2 Å². The predicted molar refractivity (Wildman–Crippen MR) is 61.0 cm³/mol. The maximum absolute atomic E-state index is 11.1. The average molecular weight is 234 g/mol. The molecule has 0 radical (unpaired) electrons. The first kappa shape index (κ1) is 10.4. The topological polar surface area (TPSA) is 44.8 Å². The molecule has 0 spiro atoms. The molecule has 0 bridgehead atoms. The summed E-state index contributed by atoms with van der Waals surface area (Å²) in [5, 5.41) is 0. The molecule has 90 valence electrons. The van der Waals surface area contributed by atoms with Gasteiger partial charge in [-0.2, -0.15) is 0 Å². The number of ether oxygens (including phenoxy) is 3. The lowest BCUT2D eigenvalue weighted by atomic mass is 9.97. The van der Waals surface area contributed by atoms with Crippen molar-refractivity contribution < 1.29 is 19.0 Å². The Hall–Kier alpha value is -1.71. The maximum Gasteiger partial charge on any atom is 0.203 e. The predicted octanol–water partition coefficient (Wildman–Crippen LogP) is 1.70. The third-order valence-electron chi connectivity index (χ3n) is 3.42. The van der Waals surface area contributed by atoms with Crippen LogP contribution in [-0.2, 0) is 10.2 Å². The summed E-state index contributed by atoms with van der Waals surface area (Å²) in [6, 6.07) is 3.79. The number of rotatable bonds is 3. The van der Waals surface area contributed by atoms with Crippen molar-refractivity contribution in [1.82, 2.24) is 0 Å². The van der Waals surface area contributed by atoms with E-state index in [4.69, 9.17) is 14.2 Å². The van der Waals surface area contributed by atoms with Gasteiger partial charge in [0.2, 0.25) is 5.75 Å². The summed E-state index contributed by atoms with van der Waals surface area (Å²) < 4.78 is 16.4. The highest BCUT2D eigenvalue weighted by Crippen LogP contribution is 2.51. The van der Waals surface area contributed by atoms with Crippen LogP contribution in [0.15, 0.2) is 12.1 Å². The van der Waals surface area contributed by atoms with E-state index in [0.717, 1.165) is 24.7 Å². The molecule has 1 heterocycles. The lowest BCUT2D eigenvalue weighted by Gasteiger charge is -2.22. The normalized spacial score (nSPS) is 19.6. The summed E-state index contributed by atoms with van der Waals surface area (Å²) in [6.07, 6.45) is 2.83. The second-order valence-electron chi connectivity index (χ2n) is 4.48. The van der Waals surface area contributed by atoms with E-state index in [-0.39, 0.29) is 5.41 Å². The molecule has 0 amide bonds. The summed E-state index contributed by atoms with van der Waals surface area (Å²) in [5.41, 5.74) is 0.650. The van der Waals surface area contributed by atoms with Crippen molar-refractivity contribution in [2.24, 2.45) is 0 Å². The first-order valence-corrected chi connectivity index (χ1v) is 5.73. The Morgan fingerprint density at radius 2 is 2.06 bits per heavy atom. The lowest BCUT2D eigenvalue weighted by molar-refractivity contribution is -0.109. The van der Waals surface area contributed by atoms with E-state index in [1.165, 1.54) is 0 Å². The molecule has 0 N–H and O–H groups in total. The van der Waals surface area contributed by atoms with Crippen LogP contribution in [0.25, 0.3) is 0 Å².